The van der Waals surface area contributed by atoms with Crippen LogP contribution < -0.4 is 4.74 Å². The van der Waals surface area contributed by atoms with Crippen molar-refractivity contribution in [1.82, 2.24) is 9.78 Å². The first-order chi connectivity index (χ1) is 14.6. The van der Waals surface area contributed by atoms with E-state index in [0.717, 1.165) is 16.8 Å². The SMILES string of the molecule is Cc1ccc(/C=C/c2cc(-c3c(O)cccc3OCc3ccccc3)nn2C)cc1. The van der Waals surface area contributed by atoms with E-state index in [1.54, 1.807) is 16.8 Å². The number of aryl methyl sites for hydroxylation is 2. The van der Waals surface area contributed by atoms with E-state index in [-0.39, 0.29) is 5.75 Å². The standard InChI is InChI=1S/C26H24N2O2/c1-19-11-13-20(14-12-19)15-16-22-17-23(27-28(22)2)26-24(29)9-6-10-25(26)30-18-21-7-4-3-5-8-21/h3-17,29H,18H2,1-2H3/b16-15+. The number of benzene rings is 3. The Bertz CT molecular complexity index is 1160. The van der Waals surface area contributed by atoms with Crippen LogP contribution in [-0.4, -0.2) is 14.9 Å². The highest BCUT2D eigenvalue weighted by molar-refractivity contribution is 5.77. The second kappa shape index (κ2) is 8.70. The summed E-state index contributed by atoms with van der Waals surface area (Å²) in [6.07, 6.45) is 4.07. The van der Waals surface area contributed by atoms with Gasteiger partial charge in [-0.1, -0.05) is 72.3 Å². The molecular formula is C26H24N2O2. The van der Waals surface area contributed by atoms with E-state index in [4.69, 9.17) is 4.74 Å². The summed E-state index contributed by atoms with van der Waals surface area (Å²) in [5, 5.41) is 15.1. The van der Waals surface area contributed by atoms with E-state index >= 15 is 0 Å². The van der Waals surface area contributed by atoms with Gasteiger partial charge in [0.1, 0.15) is 23.8 Å². The first-order valence-corrected chi connectivity index (χ1v) is 9.88. The molecule has 0 atom stereocenters. The van der Waals surface area contributed by atoms with Crippen LogP contribution in [0.4, 0.5) is 0 Å². The quantitative estimate of drug-likeness (QED) is 0.445. The first-order valence-electron chi connectivity index (χ1n) is 9.88. The molecule has 0 saturated carbocycles. The second-order valence-corrected chi connectivity index (χ2v) is 7.25. The van der Waals surface area contributed by atoms with Crippen molar-refractivity contribution in [1.29, 1.82) is 0 Å². The number of hydrogen-bond donors (Lipinski definition) is 1. The van der Waals surface area contributed by atoms with E-state index in [2.05, 4.69) is 42.4 Å². The summed E-state index contributed by atoms with van der Waals surface area (Å²) in [5.41, 5.74) is 5.62. The van der Waals surface area contributed by atoms with Crippen molar-refractivity contribution in [3.63, 3.8) is 0 Å². The number of hydrogen-bond acceptors (Lipinski definition) is 3. The Balaban J connectivity index is 1.61. The van der Waals surface area contributed by atoms with Gasteiger partial charge >= 0.3 is 0 Å². The average Bonchev–Trinajstić information content (AvgIpc) is 3.12. The molecule has 4 rings (SSSR count). The van der Waals surface area contributed by atoms with Crippen molar-refractivity contribution in [3.05, 3.63) is 101 Å². The van der Waals surface area contributed by atoms with Crippen LogP contribution >= 0.6 is 0 Å². The molecule has 0 aliphatic heterocycles. The molecule has 0 spiro atoms. The largest absolute Gasteiger partial charge is 0.507 e. The number of phenols is 1. The zero-order valence-corrected chi connectivity index (χ0v) is 17.1. The van der Waals surface area contributed by atoms with E-state index in [9.17, 15) is 5.11 Å². The number of nitrogens with zero attached hydrogens (tertiary/aromatic N) is 2. The van der Waals surface area contributed by atoms with Crippen LogP contribution in [0, 0.1) is 6.92 Å². The predicted octanol–water partition coefficient (Wildman–Crippen LogP) is 5.85. The van der Waals surface area contributed by atoms with Crippen LogP contribution in [-0.2, 0) is 13.7 Å². The Morgan fingerprint density at radius 1 is 0.933 bits per heavy atom. The van der Waals surface area contributed by atoms with Gasteiger partial charge in [-0.2, -0.15) is 5.10 Å². The molecule has 0 amide bonds. The summed E-state index contributed by atoms with van der Waals surface area (Å²) in [5.74, 6) is 0.749. The number of phenolic OH excluding ortho intramolecular Hbond substituents is 1. The summed E-state index contributed by atoms with van der Waals surface area (Å²) < 4.78 is 7.82. The van der Waals surface area contributed by atoms with Crippen molar-refractivity contribution in [2.24, 2.45) is 7.05 Å². The number of rotatable bonds is 6. The molecule has 3 aromatic carbocycles. The fourth-order valence-electron chi connectivity index (χ4n) is 3.25. The third kappa shape index (κ3) is 4.44. The van der Waals surface area contributed by atoms with Crippen LogP contribution in [0.3, 0.4) is 0 Å². The highest BCUT2D eigenvalue weighted by Gasteiger charge is 2.16. The lowest BCUT2D eigenvalue weighted by Crippen LogP contribution is -1.98. The minimum atomic E-state index is 0.146. The Hall–Kier alpha value is -3.79. The molecule has 4 aromatic rings. The molecule has 1 heterocycles. The molecule has 1 aromatic heterocycles. The molecule has 4 nitrogen and oxygen atoms in total. The first kappa shape index (κ1) is 19.5. The van der Waals surface area contributed by atoms with Gasteiger partial charge in [-0.15, -0.1) is 0 Å². The normalized spacial score (nSPS) is 11.1. The molecule has 0 unspecified atom stereocenters. The smallest absolute Gasteiger partial charge is 0.133 e. The second-order valence-electron chi connectivity index (χ2n) is 7.25. The molecule has 1 N–H and O–H groups in total. The summed E-state index contributed by atoms with van der Waals surface area (Å²) in [6, 6.07) is 25.5. The average molecular weight is 396 g/mol. The van der Waals surface area contributed by atoms with Crippen molar-refractivity contribution in [3.8, 4) is 22.8 Å². The summed E-state index contributed by atoms with van der Waals surface area (Å²) in [7, 11) is 1.89. The lowest BCUT2D eigenvalue weighted by molar-refractivity contribution is 0.306. The molecule has 0 saturated heterocycles. The number of aromatic nitrogens is 2. The maximum absolute atomic E-state index is 10.5. The maximum Gasteiger partial charge on any atom is 0.133 e. The Morgan fingerprint density at radius 2 is 1.70 bits per heavy atom. The van der Waals surface area contributed by atoms with Gasteiger partial charge in [0.2, 0.25) is 0 Å². The molecule has 150 valence electrons. The van der Waals surface area contributed by atoms with Crippen LogP contribution in [0.25, 0.3) is 23.4 Å². The van der Waals surface area contributed by atoms with Crippen LogP contribution in [0.1, 0.15) is 22.4 Å². The van der Waals surface area contributed by atoms with Crippen molar-refractivity contribution in [2.75, 3.05) is 0 Å². The summed E-state index contributed by atoms with van der Waals surface area (Å²) >= 11 is 0. The van der Waals surface area contributed by atoms with E-state index < -0.39 is 0 Å². The minimum absolute atomic E-state index is 0.146. The van der Waals surface area contributed by atoms with Crippen molar-refractivity contribution in [2.45, 2.75) is 13.5 Å². The molecule has 30 heavy (non-hydrogen) atoms. The lowest BCUT2D eigenvalue weighted by atomic mass is 10.1. The van der Waals surface area contributed by atoms with Gasteiger partial charge in [0, 0.05) is 7.05 Å². The Kier molecular flexibility index (Phi) is 5.66. The van der Waals surface area contributed by atoms with Gasteiger partial charge in [-0.3, -0.25) is 4.68 Å². The molecule has 0 fully saturated rings. The Morgan fingerprint density at radius 3 is 2.47 bits per heavy atom. The van der Waals surface area contributed by atoms with Gasteiger partial charge in [-0.25, -0.2) is 0 Å². The zero-order chi connectivity index (χ0) is 20.9. The maximum atomic E-state index is 10.5. The molecule has 0 aliphatic rings. The third-order valence-electron chi connectivity index (χ3n) is 4.94. The topological polar surface area (TPSA) is 47.3 Å². The minimum Gasteiger partial charge on any atom is -0.507 e. The van der Waals surface area contributed by atoms with E-state index in [0.29, 0.717) is 23.6 Å². The van der Waals surface area contributed by atoms with Gasteiger partial charge < -0.3 is 9.84 Å². The van der Waals surface area contributed by atoms with Crippen molar-refractivity contribution < 1.29 is 9.84 Å². The van der Waals surface area contributed by atoms with E-state index in [1.807, 2.05) is 55.6 Å². The number of aromatic hydroxyl groups is 1. The lowest BCUT2D eigenvalue weighted by Gasteiger charge is -2.11. The van der Waals surface area contributed by atoms with Crippen LogP contribution in [0.5, 0.6) is 11.5 Å². The fourth-order valence-corrected chi connectivity index (χ4v) is 3.25. The van der Waals surface area contributed by atoms with Crippen molar-refractivity contribution >= 4 is 12.2 Å². The highest BCUT2D eigenvalue weighted by atomic mass is 16.5. The van der Waals surface area contributed by atoms with Gasteiger partial charge in [0.15, 0.2) is 0 Å². The van der Waals surface area contributed by atoms with Gasteiger partial charge in [-0.05, 0) is 42.3 Å². The van der Waals surface area contributed by atoms with Crippen LogP contribution in [0.15, 0.2) is 78.9 Å². The summed E-state index contributed by atoms with van der Waals surface area (Å²) in [4.78, 5) is 0. The number of ether oxygens (including phenoxy) is 1. The zero-order valence-electron chi connectivity index (χ0n) is 17.1. The van der Waals surface area contributed by atoms with Gasteiger partial charge in [0.25, 0.3) is 0 Å². The van der Waals surface area contributed by atoms with Crippen LogP contribution in [0.2, 0.25) is 0 Å². The monoisotopic (exact) mass is 396 g/mol. The highest BCUT2D eigenvalue weighted by Crippen LogP contribution is 2.37. The fraction of sp³-hybridized carbons (Fsp3) is 0.115. The Labute approximate surface area is 176 Å². The third-order valence-corrected chi connectivity index (χ3v) is 4.94. The van der Waals surface area contributed by atoms with E-state index in [1.165, 1.54) is 5.56 Å². The molecule has 0 bridgehead atoms. The predicted molar refractivity (Wildman–Crippen MR) is 121 cm³/mol. The molecular weight excluding hydrogens is 372 g/mol. The molecule has 0 radical (unpaired) electrons. The molecule has 4 heteroatoms. The molecule has 0 aliphatic carbocycles. The van der Waals surface area contributed by atoms with Gasteiger partial charge in [0.05, 0.1) is 11.3 Å². The summed E-state index contributed by atoms with van der Waals surface area (Å²) in [6.45, 7) is 2.50.